The van der Waals surface area contributed by atoms with Crippen molar-refractivity contribution < 1.29 is 26.9 Å². The van der Waals surface area contributed by atoms with E-state index in [1.54, 1.807) is 0 Å². The smallest absolute Gasteiger partial charge is 0.263 e. The summed E-state index contributed by atoms with van der Waals surface area (Å²) in [4.78, 5) is 3.95. The minimum Gasteiger partial charge on any atom is -0.371 e. The quantitative estimate of drug-likeness (QED) is 0.652. The Hall–Kier alpha value is -3.03. The van der Waals surface area contributed by atoms with Gasteiger partial charge in [-0.1, -0.05) is 6.07 Å². The van der Waals surface area contributed by atoms with Crippen LogP contribution in [0.5, 0.6) is 0 Å². The molecule has 1 saturated heterocycles. The van der Waals surface area contributed by atoms with E-state index < -0.39 is 55.6 Å². The maximum atomic E-state index is 13.8. The fourth-order valence-corrected chi connectivity index (χ4v) is 2.51. The highest BCUT2D eigenvalue weighted by Crippen LogP contribution is 2.31. The Morgan fingerprint density at radius 3 is 2.61 bits per heavy atom. The zero-order valence-corrected chi connectivity index (χ0v) is 14.1. The summed E-state index contributed by atoms with van der Waals surface area (Å²) in [6.45, 7) is -7.08. The monoisotopic (exact) mass is 397 g/mol. The van der Waals surface area contributed by atoms with E-state index >= 15 is 0 Å². The van der Waals surface area contributed by atoms with Gasteiger partial charge < -0.3 is 10.2 Å². The molecule has 0 atom stereocenters. The fourth-order valence-electron chi connectivity index (χ4n) is 2.51. The molecule has 0 aliphatic carbocycles. The number of hydrogen-bond donors (Lipinski definition) is 1. The van der Waals surface area contributed by atoms with Gasteiger partial charge in [-0.3, -0.25) is 0 Å². The number of benzene rings is 2. The van der Waals surface area contributed by atoms with Crippen molar-refractivity contribution in [2.45, 2.75) is 25.5 Å². The third-order valence-electron chi connectivity index (χ3n) is 3.73. The number of hydrogen-bond acceptors (Lipinski definition) is 4. The van der Waals surface area contributed by atoms with Crippen LogP contribution in [-0.2, 0) is 0 Å². The number of rotatable bonds is 5. The lowest BCUT2D eigenvalue weighted by molar-refractivity contribution is 0.151. The molecule has 3 aromatic rings. The van der Waals surface area contributed by atoms with Gasteiger partial charge in [0.15, 0.2) is 0 Å². The molecular formula is C20H20F3N5. The lowest BCUT2D eigenvalue weighted by Crippen LogP contribution is -2.29. The van der Waals surface area contributed by atoms with Gasteiger partial charge in [0.05, 0.1) is 5.69 Å². The van der Waals surface area contributed by atoms with E-state index in [9.17, 15) is 13.2 Å². The second-order valence-electron chi connectivity index (χ2n) is 5.67. The van der Waals surface area contributed by atoms with E-state index in [0.29, 0.717) is 11.8 Å². The first-order chi connectivity index (χ1) is 17.3. The summed E-state index contributed by atoms with van der Waals surface area (Å²) in [6.07, 6.45) is -12.9. The maximum absolute atomic E-state index is 13.8. The summed E-state index contributed by atoms with van der Waals surface area (Å²) in [5.74, 6) is -0.714. The van der Waals surface area contributed by atoms with Gasteiger partial charge in [-0.15, -0.1) is 5.10 Å². The van der Waals surface area contributed by atoms with Gasteiger partial charge >= 0.3 is 0 Å². The van der Waals surface area contributed by atoms with Crippen LogP contribution in [-0.4, -0.2) is 27.8 Å². The van der Waals surface area contributed by atoms with E-state index in [4.69, 9.17) is 13.7 Å². The zero-order valence-electron chi connectivity index (χ0n) is 24.1. The molecule has 0 radical (unpaired) electrons. The fraction of sp³-hybridized carbons (Fsp3) is 0.300. The molecule has 0 unspecified atom stereocenters. The van der Waals surface area contributed by atoms with E-state index in [0.717, 1.165) is 18.2 Å². The Kier molecular flexibility index (Phi) is 2.81. The third-order valence-corrected chi connectivity index (χ3v) is 3.73. The summed E-state index contributed by atoms with van der Waals surface area (Å²) >= 11 is 0. The number of anilines is 3. The van der Waals surface area contributed by atoms with Crippen LogP contribution in [0, 0.1) is 5.82 Å². The number of alkyl halides is 2. The zero-order chi connectivity index (χ0) is 28.5. The first-order valence-electron chi connectivity index (χ1n) is 13.0. The highest BCUT2D eigenvalue weighted by Gasteiger charge is 2.16. The highest BCUT2D eigenvalue weighted by atomic mass is 19.3. The predicted octanol–water partition coefficient (Wildman–Crippen LogP) is 5.08. The van der Waals surface area contributed by atoms with Crippen molar-refractivity contribution in [3.05, 3.63) is 60.2 Å². The third kappa shape index (κ3) is 4.11. The number of halogens is 3. The standard InChI is InChI=1S/C20H20F3N5/c21-15-5-4-6-17(11-15)28-13-24-20(26-28)25-16-9-14(19(22)23)10-18(12-16)27-7-2-1-3-8-27/h4-6,9-13,19H,1-3,7-8H2,(H,25,26)/i1D2,2D2,3D2,7D2,8D2. The summed E-state index contributed by atoms with van der Waals surface area (Å²) < 4.78 is 124. The average Bonchev–Trinajstić information content (AvgIpc) is 3.26. The average molecular weight is 397 g/mol. The minimum atomic E-state index is -3.65. The molecule has 1 N–H and O–H groups in total. The minimum absolute atomic E-state index is 0.00281. The summed E-state index contributed by atoms with van der Waals surface area (Å²) in [5, 5.41) is 6.66. The Balaban J connectivity index is 1.81. The van der Waals surface area contributed by atoms with Gasteiger partial charge in [-0.25, -0.2) is 17.9 Å². The molecule has 1 aromatic heterocycles. The Morgan fingerprint density at radius 1 is 1.04 bits per heavy atom. The summed E-state index contributed by atoms with van der Waals surface area (Å²) in [7, 11) is 0. The molecular weight excluding hydrogens is 367 g/mol. The molecule has 1 fully saturated rings. The van der Waals surface area contributed by atoms with E-state index in [1.807, 2.05) is 0 Å². The maximum Gasteiger partial charge on any atom is 0.263 e. The second-order valence-corrected chi connectivity index (χ2v) is 5.67. The van der Waals surface area contributed by atoms with Crippen LogP contribution in [0.2, 0.25) is 0 Å². The van der Waals surface area contributed by atoms with E-state index in [2.05, 4.69) is 15.4 Å². The van der Waals surface area contributed by atoms with Crippen LogP contribution < -0.4 is 10.2 Å². The normalized spacial score (nSPS) is 28.8. The molecule has 146 valence electrons. The topological polar surface area (TPSA) is 46.0 Å². The number of piperidine rings is 1. The first kappa shape index (κ1) is 9.95. The van der Waals surface area contributed by atoms with Crippen molar-refractivity contribution >= 4 is 17.3 Å². The van der Waals surface area contributed by atoms with Crippen molar-refractivity contribution in [1.82, 2.24) is 14.8 Å². The molecule has 0 saturated carbocycles. The van der Waals surface area contributed by atoms with Gasteiger partial charge in [-0.2, -0.15) is 4.98 Å². The van der Waals surface area contributed by atoms with Crippen LogP contribution in [0.1, 0.15) is 44.8 Å². The van der Waals surface area contributed by atoms with Crippen molar-refractivity contribution in [2.75, 3.05) is 23.2 Å². The van der Waals surface area contributed by atoms with Crippen LogP contribution >= 0.6 is 0 Å². The van der Waals surface area contributed by atoms with Crippen LogP contribution in [0.25, 0.3) is 5.69 Å². The number of nitrogens with one attached hydrogen (secondary N) is 1. The SMILES string of the molecule is [2H]C1([2H])N(c2cc(Nc3ncn(-c4cccc(F)c4)n3)cc(C(F)F)c2)C([2H])([2H])C([2H])([2H])C([2H])([2H])C1([2H])[2H]. The first-order valence-corrected chi connectivity index (χ1v) is 8.03. The number of aromatic nitrogens is 3. The van der Waals surface area contributed by atoms with E-state index in [-0.39, 0.29) is 16.5 Å². The lowest BCUT2D eigenvalue weighted by Gasteiger charge is -2.29. The van der Waals surface area contributed by atoms with Crippen LogP contribution in [0.4, 0.5) is 30.5 Å². The van der Waals surface area contributed by atoms with Gasteiger partial charge in [0.25, 0.3) is 6.43 Å². The van der Waals surface area contributed by atoms with Crippen molar-refractivity contribution in [3.8, 4) is 5.69 Å². The molecule has 4 rings (SSSR count). The van der Waals surface area contributed by atoms with Gasteiger partial charge in [-0.05, 0) is 55.5 Å². The van der Waals surface area contributed by atoms with Crippen molar-refractivity contribution in [2.24, 2.45) is 0 Å². The molecule has 0 spiro atoms. The molecule has 1 aliphatic rings. The van der Waals surface area contributed by atoms with Gasteiger partial charge in [0.1, 0.15) is 12.1 Å². The molecule has 0 amide bonds. The molecule has 2 aromatic carbocycles. The molecule has 1 aliphatic heterocycles. The second kappa shape index (κ2) is 7.92. The molecule has 28 heavy (non-hydrogen) atoms. The largest absolute Gasteiger partial charge is 0.371 e. The number of nitrogens with zero attached hydrogens (tertiary/aromatic N) is 4. The molecule has 0 bridgehead atoms. The van der Waals surface area contributed by atoms with Crippen LogP contribution in [0.15, 0.2) is 48.8 Å². The molecule has 5 nitrogen and oxygen atoms in total. The van der Waals surface area contributed by atoms with Crippen molar-refractivity contribution in [1.29, 1.82) is 0 Å². The van der Waals surface area contributed by atoms with Gasteiger partial charge in [0, 0.05) is 43.6 Å². The highest BCUT2D eigenvalue weighted by molar-refractivity contribution is 5.64. The Labute approximate surface area is 174 Å². The summed E-state index contributed by atoms with van der Waals surface area (Å²) in [6, 6.07) is 7.87. The summed E-state index contributed by atoms with van der Waals surface area (Å²) in [5.41, 5.74) is -1.36. The van der Waals surface area contributed by atoms with E-state index in [1.165, 1.54) is 29.2 Å². The molecule has 8 heteroatoms. The predicted molar refractivity (Wildman–Crippen MR) is 102 cm³/mol. The van der Waals surface area contributed by atoms with Crippen LogP contribution in [0.3, 0.4) is 0 Å². The molecule has 2 heterocycles. The Morgan fingerprint density at radius 2 is 1.86 bits per heavy atom. The van der Waals surface area contributed by atoms with Crippen molar-refractivity contribution in [3.63, 3.8) is 0 Å². The lowest BCUT2D eigenvalue weighted by atomic mass is 10.1. The van der Waals surface area contributed by atoms with Gasteiger partial charge in [0.2, 0.25) is 5.95 Å². The Bertz CT molecular complexity index is 1330.